The molecule has 0 aromatic carbocycles. The fourth-order valence-electron chi connectivity index (χ4n) is 2.42. The number of carbonyl (C=O) groups excluding carboxylic acids is 1. The van der Waals surface area contributed by atoms with Crippen LogP contribution in [0, 0.1) is 5.92 Å². The maximum absolute atomic E-state index is 10.7. The fourth-order valence-corrected chi connectivity index (χ4v) is 2.42. The highest BCUT2D eigenvalue weighted by atomic mass is 16.1. The molecule has 3 heteroatoms. The first-order valence-corrected chi connectivity index (χ1v) is 4.72. The Labute approximate surface area is 72.9 Å². The fraction of sp³-hybridized carbons (Fsp3) is 0.889. The Morgan fingerprint density at radius 1 is 1.67 bits per heavy atom. The van der Waals surface area contributed by atoms with Gasteiger partial charge in [0, 0.05) is 19.0 Å². The van der Waals surface area contributed by atoms with Gasteiger partial charge in [0.1, 0.15) is 0 Å². The van der Waals surface area contributed by atoms with E-state index in [1.54, 1.807) is 6.92 Å². The summed E-state index contributed by atoms with van der Waals surface area (Å²) in [6.45, 7) is 3.54. The van der Waals surface area contributed by atoms with E-state index in [1.165, 1.54) is 19.3 Å². The van der Waals surface area contributed by atoms with Crippen molar-refractivity contribution in [3.8, 4) is 0 Å². The first kappa shape index (κ1) is 8.05. The minimum absolute atomic E-state index is 0.0868. The van der Waals surface area contributed by atoms with E-state index in [0.717, 1.165) is 19.0 Å². The third kappa shape index (κ3) is 1.12. The molecule has 2 aliphatic rings. The SMILES string of the molecule is CC(=O)NCC12CCC1CCN2. The van der Waals surface area contributed by atoms with Crippen LogP contribution in [0.4, 0.5) is 0 Å². The minimum atomic E-state index is 0.0868. The number of nitrogens with one attached hydrogen (secondary N) is 2. The van der Waals surface area contributed by atoms with Gasteiger partial charge in [0.25, 0.3) is 0 Å². The number of hydrogen-bond acceptors (Lipinski definition) is 2. The lowest BCUT2D eigenvalue weighted by Gasteiger charge is -2.45. The molecule has 12 heavy (non-hydrogen) atoms. The Morgan fingerprint density at radius 2 is 2.50 bits per heavy atom. The normalized spacial score (nSPS) is 38.6. The Morgan fingerprint density at radius 3 is 3.00 bits per heavy atom. The van der Waals surface area contributed by atoms with Gasteiger partial charge in [0.15, 0.2) is 0 Å². The van der Waals surface area contributed by atoms with Gasteiger partial charge in [0.05, 0.1) is 0 Å². The van der Waals surface area contributed by atoms with Gasteiger partial charge in [-0.15, -0.1) is 0 Å². The molecule has 68 valence electrons. The average Bonchev–Trinajstić information content (AvgIpc) is 2.25. The lowest BCUT2D eigenvalue weighted by molar-refractivity contribution is -0.119. The molecule has 2 unspecified atom stereocenters. The number of amides is 1. The summed E-state index contributed by atoms with van der Waals surface area (Å²) in [5.74, 6) is 0.910. The summed E-state index contributed by atoms with van der Waals surface area (Å²) < 4.78 is 0. The van der Waals surface area contributed by atoms with Gasteiger partial charge in [-0.3, -0.25) is 4.79 Å². The van der Waals surface area contributed by atoms with E-state index in [0.29, 0.717) is 0 Å². The molecule has 0 aromatic heterocycles. The summed E-state index contributed by atoms with van der Waals surface area (Å²) in [6, 6.07) is 0. The number of fused-ring (bicyclic) bond motifs is 1. The van der Waals surface area contributed by atoms with Crippen molar-refractivity contribution in [1.29, 1.82) is 0 Å². The van der Waals surface area contributed by atoms with E-state index in [-0.39, 0.29) is 11.4 Å². The smallest absolute Gasteiger partial charge is 0.216 e. The second-order valence-corrected chi connectivity index (χ2v) is 4.02. The van der Waals surface area contributed by atoms with Gasteiger partial charge in [-0.2, -0.15) is 0 Å². The van der Waals surface area contributed by atoms with Crippen LogP contribution < -0.4 is 10.6 Å². The van der Waals surface area contributed by atoms with E-state index in [2.05, 4.69) is 10.6 Å². The molecule has 1 saturated heterocycles. The van der Waals surface area contributed by atoms with Crippen molar-refractivity contribution in [2.45, 2.75) is 31.7 Å². The molecule has 3 nitrogen and oxygen atoms in total. The zero-order valence-electron chi connectivity index (χ0n) is 7.52. The van der Waals surface area contributed by atoms with Crippen LogP contribution in [0.2, 0.25) is 0 Å². The van der Waals surface area contributed by atoms with Gasteiger partial charge in [-0.25, -0.2) is 0 Å². The molecule has 1 saturated carbocycles. The van der Waals surface area contributed by atoms with Crippen LogP contribution in [-0.2, 0) is 4.79 Å². The molecule has 2 atom stereocenters. The molecule has 2 rings (SSSR count). The average molecular weight is 168 g/mol. The monoisotopic (exact) mass is 168 g/mol. The third-order valence-electron chi connectivity index (χ3n) is 3.34. The van der Waals surface area contributed by atoms with E-state index in [4.69, 9.17) is 0 Å². The lowest BCUT2D eigenvalue weighted by atomic mass is 9.68. The molecule has 1 aliphatic carbocycles. The number of rotatable bonds is 2. The maximum Gasteiger partial charge on any atom is 0.216 e. The molecule has 2 N–H and O–H groups in total. The highest BCUT2D eigenvalue weighted by molar-refractivity contribution is 5.72. The van der Waals surface area contributed by atoms with Crippen molar-refractivity contribution in [2.24, 2.45) is 5.92 Å². The van der Waals surface area contributed by atoms with E-state index < -0.39 is 0 Å². The predicted octanol–water partition coefficient (Wildman–Crippen LogP) is 0.265. The zero-order valence-corrected chi connectivity index (χ0v) is 7.52. The summed E-state index contributed by atoms with van der Waals surface area (Å²) in [5.41, 5.74) is 0.283. The van der Waals surface area contributed by atoms with E-state index in [9.17, 15) is 4.79 Å². The van der Waals surface area contributed by atoms with Gasteiger partial charge in [-0.1, -0.05) is 0 Å². The number of hydrogen-bond donors (Lipinski definition) is 2. The van der Waals surface area contributed by atoms with Gasteiger partial charge < -0.3 is 10.6 Å². The lowest BCUT2D eigenvalue weighted by Crippen LogP contribution is -2.58. The number of carbonyl (C=O) groups is 1. The Kier molecular flexibility index (Phi) is 1.83. The highest BCUT2D eigenvalue weighted by Crippen LogP contribution is 2.43. The van der Waals surface area contributed by atoms with Crippen LogP contribution in [0.25, 0.3) is 0 Å². The Bertz CT molecular complexity index is 205. The van der Waals surface area contributed by atoms with Crippen molar-refractivity contribution in [3.05, 3.63) is 0 Å². The molecule has 0 spiro atoms. The molecule has 1 aliphatic heterocycles. The van der Waals surface area contributed by atoms with E-state index >= 15 is 0 Å². The highest BCUT2D eigenvalue weighted by Gasteiger charge is 2.49. The molecule has 1 heterocycles. The first-order chi connectivity index (χ1) is 5.73. The Balaban J connectivity index is 1.89. The van der Waals surface area contributed by atoms with Crippen molar-refractivity contribution >= 4 is 5.91 Å². The maximum atomic E-state index is 10.7. The summed E-state index contributed by atoms with van der Waals surface area (Å²) in [6.07, 6.45) is 3.87. The molecular weight excluding hydrogens is 152 g/mol. The third-order valence-corrected chi connectivity index (χ3v) is 3.34. The van der Waals surface area contributed by atoms with Gasteiger partial charge >= 0.3 is 0 Å². The predicted molar refractivity (Wildman–Crippen MR) is 46.8 cm³/mol. The van der Waals surface area contributed by atoms with Crippen molar-refractivity contribution < 1.29 is 4.79 Å². The van der Waals surface area contributed by atoms with Crippen molar-refractivity contribution in [3.63, 3.8) is 0 Å². The van der Waals surface area contributed by atoms with Gasteiger partial charge in [-0.05, 0) is 31.7 Å². The molecule has 0 bridgehead atoms. The van der Waals surface area contributed by atoms with Crippen LogP contribution in [0.1, 0.15) is 26.2 Å². The summed E-state index contributed by atoms with van der Waals surface area (Å²) >= 11 is 0. The van der Waals surface area contributed by atoms with Crippen LogP contribution in [0.15, 0.2) is 0 Å². The summed E-state index contributed by atoms with van der Waals surface area (Å²) in [4.78, 5) is 10.7. The molecule has 1 amide bonds. The summed E-state index contributed by atoms with van der Waals surface area (Å²) in [5, 5.41) is 6.42. The molecule has 0 aromatic rings. The van der Waals surface area contributed by atoms with Crippen LogP contribution in [0.5, 0.6) is 0 Å². The second kappa shape index (κ2) is 2.73. The standard InChI is InChI=1S/C9H16N2O/c1-7(12)10-6-9-4-2-8(9)3-5-11-9/h8,11H,2-6H2,1H3,(H,10,12). The minimum Gasteiger partial charge on any atom is -0.354 e. The molecule has 2 fully saturated rings. The van der Waals surface area contributed by atoms with Crippen LogP contribution >= 0.6 is 0 Å². The largest absolute Gasteiger partial charge is 0.354 e. The summed E-state index contributed by atoms with van der Waals surface area (Å²) in [7, 11) is 0. The van der Waals surface area contributed by atoms with Crippen LogP contribution in [-0.4, -0.2) is 24.5 Å². The van der Waals surface area contributed by atoms with Crippen molar-refractivity contribution in [2.75, 3.05) is 13.1 Å². The quantitative estimate of drug-likeness (QED) is 0.621. The van der Waals surface area contributed by atoms with E-state index in [1.807, 2.05) is 0 Å². The first-order valence-electron chi connectivity index (χ1n) is 4.72. The Hall–Kier alpha value is -0.570. The molecule has 0 radical (unpaired) electrons. The zero-order chi connectivity index (χ0) is 8.60. The van der Waals surface area contributed by atoms with Crippen molar-refractivity contribution in [1.82, 2.24) is 10.6 Å². The van der Waals surface area contributed by atoms with Gasteiger partial charge in [0.2, 0.25) is 5.91 Å². The molecular formula is C9H16N2O. The topological polar surface area (TPSA) is 41.1 Å². The second-order valence-electron chi connectivity index (χ2n) is 4.02. The van der Waals surface area contributed by atoms with Crippen LogP contribution in [0.3, 0.4) is 0 Å².